The molecule has 1 aliphatic heterocycles. The molecule has 1 aliphatic rings. The van der Waals surface area contributed by atoms with E-state index in [1.807, 2.05) is 6.92 Å². The average Bonchev–Trinajstić information content (AvgIpc) is 2.77. The molecule has 0 saturated carbocycles. The lowest BCUT2D eigenvalue weighted by Crippen LogP contribution is -2.39. The van der Waals surface area contributed by atoms with Gasteiger partial charge in [0.2, 0.25) is 5.91 Å². The zero-order chi connectivity index (χ0) is 14.0. The van der Waals surface area contributed by atoms with Crippen LogP contribution in [0.2, 0.25) is 5.02 Å². The van der Waals surface area contributed by atoms with Gasteiger partial charge in [-0.15, -0.1) is 0 Å². The maximum atomic E-state index is 12.0. The second-order valence-corrected chi connectivity index (χ2v) is 5.02. The molecule has 1 aromatic rings. The summed E-state index contributed by atoms with van der Waals surface area (Å²) in [6.45, 7) is 2.80. The number of nitrogens with one attached hydrogen (secondary N) is 2. The van der Waals surface area contributed by atoms with E-state index in [1.54, 1.807) is 6.07 Å². The fraction of sp³-hybridized carbons (Fsp3) is 0.417. The Morgan fingerprint density at radius 1 is 1.58 bits per heavy atom. The lowest BCUT2D eigenvalue weighted by Gasteiger charge is -2.15. The molecule has 0 bridgehead atoms. The smallest absolute Gasteiger partial charge is 0.289 e. The van der Waals surface area contributed by atoms with E-state index >= 15 is 0 Å². The highest BCUT2D eigenvalue weighted by atomic mass is 35.5. The van der Waals surface area contributed by atoms with Gasteiger partial charge in [0.1, 0.15) is 5.02 Å². The molecule has 1 fully saturated rings. The molecule has 102 valence electrons. The third kappa shape index (κ3) is 3.02. The van der Waals surface area contributed by atoms with Crippen molar-refractivity contribution in [2.75, 3.05) is 11.9 Å². The molecule has 1 heterocycles. The van der Waals surface area contributed by atoms with Crippen LogP contribution in [0.3, 0.4) is 0 Å². The maximum absolute atomic E-state index is 12.0. The van der Waals surface area contributed by atoms with E-state index in [-0.39, 0.29) is 28.6 Å². The lowest BCUT2D eigenvalue weighted by molar-refractivity contribution is -0.384. The molecule has 2 rings (SSSR count). The maximum Gasteiger partial charge on any atom is 0.289 e. The van der Waals surface area contributed by atoms with Crippen LogP contribution in [0, 0.1) is 16.0 Å². The van der Waals surface area contributed by atoms with Crippen LogP contribution in [0.1, 0.15) is 13.3 Å². The highest BCUT2D eigenvalue weighted by Crippen LogP contribution is 2.27. The van der Waals surface area contributed by atoms with Crippen molar-refractivity contribution in [3.05, 3.63) is 33.3 Å². The van der Waals surface area contributed by atoms with Gasteiger partial charge in [0.05, 0.1) is 11.0 Å². The van der Waals surface area contributed by atoms with Crippen molar-refractivity contribution in [3.8, 4) is 0 Å². The van der Waals surface area contributed by atoms with Crippen molar-refractivity contribution in [2.45, 2.75) is 19.4 Å². The Hall–Kier alpha value is -1.66. The predicted octanol–water partition coefficient (Wildman–Crippen LogP) is 2.18. The van der Waals surface area contributed by atoms with Crippen LogP contribution in [0.25, 0.3) is 0 Å². The largest absolute Gasteiger partial charge is 0.324 e. The molecule has 0 aromatic heterocycles. The molecule has 19 heavy (non-hydrogen) atoms. The molecule has 0 aliphatic carbocycles. The first kappa shape index (κ1) is 13.8. The van der Waals surface area contributed by atoms with E-state index in [4.69, 9.17) is 11.6 Å². The zero-order valence-electron chi connectivity index (χ0n) is 10.4. The average molecular weight is 284 g/mol. The lowest BCUT2D eigenvalue weighted by atomic mass is 10.0. The Labute approximate surface area is 115 Å². The molecule has 6 nitrogen and oxygen atoms in total. The summed E-state index contributed by atoms with van der Waals surface area (Å²) in [5.74, 6) is 0.0731. The fourth-order valence-electron chi connectivity index (χ4n) is 2.14. The van der Waals surface area contributed by atoms with Crippen LogP contribution < -0.4 is 10.6 Å². The standard InChI is InChI=1S/C12H14ClN3O3/c1-7-4-5-14-11(7)12(17)15-8-2-3-9(13)10(6-8)16(18)19/h2-3,6-7,11,14H,4-5H2,1H3,(H,15,17). The third-order valence-electron chi connectivity index (χ3n) is 3.23. The molecule has 0 spiro atoms. The summed E-state index contributed by atoms with van der Waals surface area (Å²) < 4.78 is 0. The first-order valence-corrected chi connectivity index (χ1v) is 6.35. The Morgan fingerprint density at radius 3 is 2.89 bits per heavy atom. The van der Waals surface area contributed by atoms with Gasteiger partial charge in [0.25, 0.3) is 5.69 Å². The Balaban J connectivity index is 2.13. The number of anilines is 1. The van der Waals surface area contributed by atoms with Crippen LogP contribution >= 0.6 is 11.6 Å². The normalized spacial score (nSPS) is 22.2. The SMILES string of the molecule is CC1CCNC1C(=O)Nc1ccc(Cl)c([N+](=O)[O-])c1. The summed E-state index contributed by atoms with van der Waals surface area (Å²) >= 11 is 5.71. The van der Waals surface area contributed by atoms with Gasteiger partial charge >= 0.3 is 0 Å². The zero-order valence-corrected chi connectivity index (χ0v) is 11.1. The van der Waals surface area contributed by atoms with Crippen LogP contribution in [0.4, 0.5) is 11.4 Å². The van der Waals surface area contributed by atoms with Crippen LogP contribution in [-0.2, 0) is 4.79 Å². The van der Waals surface area contributed by atoms with Crippen LogP contribution in [-0.4, -0.2) is 23.4 Å². The number of nitrogens with zero attached hydrogens (tertiary/aromatic N) is 1. The number of nitro benzene ring substituents is 1. The molecule has 7 heteroatoms. The molecular formula is C12H14ClN3O3. The molecule has 2 atom stereocenters. The number of carbonyl (C=O) groups excluding carboxylic acids is 1. The number of amides is 1. The number of nitro groups is 1. The first-order valence-electron chi connectivity index (χ1n) is 5.97. The molecule has 1 aromatic carbocycles. The molecule has 0 radical (unpaired) electrons. The van der Waals surface area contributed by atoms with E-state index in [0.717, 1.165) is 13.0 Å². The number of hydrogen-bond donors (Lipinski definition) is 2. The van der Waals surface area contributed by atoms with E-state index in [1.165, 1.54) is 12.1 Å². The molecular weight excluding hydrogens is 270 g/mol. The van der Waals surface area contributed by atoms with Crippen molar-refractivity contribution >= 4 is 28.9 Å². The Morgan fingerprint density at radius 2 is 2.32 bits per heavy atom. The minimum absolute atomic E-state index is 0.0513. The Bertz CT molecular complexity index is 521. The van der Waals surface area contributed by atoms with Gasteiger partial charge in [0, 0.05) is 11.8 Å². The number of carbonyl (C=O) groups is 1. The minimum atomic E-state index is -0.575. The minimum Gasteiger partial charge on any atom is -0.324 e. The van der Waals surface area contributed by atoms with Crippen molar-refractivity contribution in [1.29, 1.82) is 0 Å². The topological polar surface area (TPSA) is 84.3 Å². The van der Waals surface area contributed by atoms with Gasteiger partial charge in [-0.25, -0.2) is 0 Å². The molecule has 2 N–H and O–H groups in total. The summed E-state index contributed by atoms with van der Waals surface area (Å²) in [7, 11) is 0. The van der Waals surface area contributed by atoms with E-state index in [9.17, 15) is 14.9 Å². The summed E-state index contributed by atoms with van der Waals surface area (Å²) in [6, 6.07) is 3.96. The number of benzene rings is 1. The number of hydrogen-bond acceptors (Lipinski definition) is 4. The highest BCUT2D eigenvalue weighted by Gasteiger charge is 2.29. The Kier molecular flexibility index (Phi) is 4.01. The van der Waals surface area contributed by atoms with Crippen molar-refractivity contribution in [3.63, 3.8) is 0 Å². The van der Waals surface area contributed by atoms with Gasteiger partial charge in [-0.1, -0.05) is 18.5 Å². The van der Waals surface area contributed by atoms with Crippen molar-refractivity contribution in [1.82, 2.24) is 5.32 Å². The second-order valence-electron chi connectivity index (χ2n) is 4.61. The quantitative estimate of drug-likeness (QED) is 0.658. The summed E-state index contributed by atoms with van der Waals surface area (Å²) in [5, 5.41) is 16.6. The molecule has 1 amide bonds. The van der Waals surface area contributed by atoms with Gasteiger partial charge in [-0.05, 0) is 31.0 Å². The monoisotopic (exact) mass is 283 g/mol. The summed E-state index contributed by atoms with van der Waals surface area (Å²) in [4.78, 5) is 22.2. The van der Waals surface area contributed by atoms with Gasteiger partial charge in [-0.3, -0.25) is 14.9 Å². The first-order chi connectivity index (χ1) is 8.99. The number of rotatable bonds is 3. The predicted molar refractivity (Wildman–Crippen MR) is 72.3 cm³/mol. The summed E-state index contributed by atoms with van der Waals surface area (Å²) in [5.41, 5.74) is 0.161. The molecule has 2 unspecified atom stereocenters. The van der Waals surface area contributed by atoms with Gasteiger partial charge < -0.3 is 10.6 Å². The van der Waals surface area contributed by atoms with Crippen molar-refractivity contribution in [2.24, 2.45) is 5.92 Å². The van der Waals surface area contributed by atoms with E-state index in [0.29, 0.717) is 5.69 Å². The second kappa shape index (κ2) is 5.54. The molecule has 1 saturated heterocycles. The number of halogens is 1. The highest BCUT2D eigenvalue weighted by molar-refractivity contribution is 6.32. The van der Waals surface area contributed by atoms with Crippen LogP contribution in [0.15, 0.2) is 18.2 Å². The van der Waals surface area contributed by atoms with E-state index in [2.05, 4.69) is 10.6 Å². The fourth-order valence-corrected chi connectivity index (χ4v) is 2.32. The van der Waals surface area contributed by atoms with E-state index < -0.39 is 4.92 Å². The summed E-state index contributed by atoms with van der Waals surface area (Å²) in [6.07, 6.45) is 0.943. The van der Waals surface area contributed by atoms with Gasteiger partial charge in [0.15, 0.2) is 0 Å². The third-order valence-corrected chi connectivity index (χ3v) is 3.55. The van der Waals surface area contributed by atoms with Crippen molar-refractivity contribution < 1.29 is 9.72 Å². The van der Waals surface area contributed by atoms with Gasteiger partial charge in [-0.2, -0.15) is 0 Å². The van der Waals surface area contributed by atoms with Crippen LogP contribution in [0.5, 0.6) is 0 Å².